The van der Waals surface area contributed by atoms with E-state index in [1.54, 1.807) is 26.0 Å². The third kappa shape index (κ3) is 3.61. The van der Waals surface area contributed by atoms with Crippen molar-refractivity contribution in [2.24, 2.45) is 0 Å². The molecule has 3 rings (SSSR count). The summed E-state index contributed by atoms with van der Waals surface area (Å²) < 4.78 is 11.4. The Labute approximate surface area is 158 Å². The number of hydrogen-bond donors (Lipinski definition) is 0. The Balaban J connectivity index is 1.92. The van der Waals surface area contributed by atoms with Crippen LogP contribution >= 0.6 is 24.0 Å². The monoisotopic (exact) mass is 374 g/mol. The van der Waals surface area contributed by atoms with Crippen LogP contribution in [0.25, 0.3) is 0 Å². The van der Waals surface area contributed by atoms with E-state index in [0.717, 1.165) is 15.8 Å². The minimum atomic E-state index is 0.0757. The molecule has 0 bridgehead atoms. The molecule has 6 heteroatoms. The molecule has 4 nitrogen and oxygen atoms in total. The molecule has 0 spiro atoms. The zero-order chi connectivity index (χ0) is 18.0. The highest BCUT2D eigenvalue weighted by atomic mass is 32.2. The van der Waals surface area contributed by atoms with Gasteiger partial charge in [-0.25, -0.2) is 0 Å². The Hall–Kier alpha value is -1.76. The molecule has 1 fully saturated rings. The van der Waals surface area contributed by atoms with Crippen LogP contribution in [0.4, 0.5) is 0 Å². The van der Waals surface area contributed by atoms with Crippen molar-refractivity contribution in [3.8, 4) is 11.5 Å². The fourth-order valence-corrected chi connectivity index (χ4v) is 4.47. The topological polar surface area (TPSA) is 24.9 Å². The van der Waals surface area contributed by atoms with Gasteiger partial charge in [0.25, 0.3) is 0 Å². The van der Waals surface area contributed by atoms with E-state index in [0.29, 0.717) is 0 Å². The third-order valence-corrected chi connectivity index (χ3v) is 6.33. The quantitative estimate of drug-likeness (QED) is 0.740. The highest BCUT2D eigenvalue weighted by Crippen LogP contribution is 2.45. The number of benzene rings is 2. The number of thiocarbonyl (C=S) groups is 1. The van der Waals surface area contributed by atoms with Crippen molar-refractivity contribution in [3.63, 3.8) is 0 Å². The number of nitrogens with zero attached hydrogens (tertiary/aromatic N) is 2. The molecule has 0 saturated carbocycles. The van der Waals surface area contributed by atoms with Crippen molar-refractivity contribution in [2.45, 2.75) is 11.5 Å². The number of hydrogen-bond acceptors (Lipinski definition) is 5. The summed E-state index contributed by atoms with van der Waals surface area (Å²) in [6, 6.07) is 16.4. The fraction of sp³-hybridized carbons (Fsp3) is 0.316. The van der Waals surface area contributed by atoms with Crippen LogP contribution in [-0.2, 0) is 0 Å². The summed E-state index contributed by atoms with van der Waals surface area (Å²) in [6.45, 7) is 0. The standard InChI is InChI=1S/C19H22N2O2S2/c1-20-17(13-5-9-15(22-3)10-6-13)21(2)19(24)25-18(20)14-7-11-16(23-4)12-8-14/h5-12,17-18H,1-4H3/t17-,18+/m0/s1. The van der Waals surface area contributed by atoms with Gasteiger partial charge in [-0.3, -0.25) is 4.90 Å². The second-order valence-electron chi connectivity index (χ2n) is 5.93. The van der Waals surface area contributed by atoms with Crippen LogP contribution in [0.2, 0.25) is 0 Å². The zero-order valence-electron chi connectivity index (χ0n) is 14.8. The molecule has 132 valence electrons. The van der Waals surface area contributed by atoms with E-state index in [-0.39, 0.29) is 11.5 Å². The molecular weight excluding hydrogens is 352 g/mol. The average Bonchev–Trinajstić information content (AvgIpc) is 2.65. The highest BCUT2D eigenvalue weighted by molar-refractivity contribution is 8.23. The molecule has 2 aromatic carbocycles. The van der Waals surface area contributed by atoms with Crippen LogP contribution in [0.1, 0.15) is 22.7 Å². The predicted molar refractivity (Wildman–Crippen MR) is 107 cm³/mol. The van der Waals surface area contributed by atoms with Crippen molar-refractivity contribution >= 4 is 28.3 Å². The number of ether oxygens (including phenoxy) is 2. The molecule has 2 atom stereocenters. The van der Waals surface area contributed by atoms with Gasteiger partial charge in [-0.2, -0.15) is 0 Å². The van der Waals surface area contributed by atoms with Crippen LogP contribution < -0.4 is 9.47 Å². The lowest BCUT2D eigenvalue weighted by molar-refractivity contribution is 0.122. The Bertz CT molecular complexity index is 734. The van der Waals surface area contributed by atoms with E-state index in [9.17, 15) is 0 Å². The minimum Gasteiger partial charge on any atom is -0.497 e. The second kappa shape index (κ2) is 7.64. The summed E-state index contributed by atoms with van der Waals surface area (Å²) in [5.74, 6) is 1.71. The summed E-state index contributed by atoms with van der Waals surface area (Å²) in [4.78, 5) is 4.48. The third-order valence-electron chi connectivity index (χ3n) is 4.44. The molecule has 0 amide bonds. The summed E-state index contributed by atoms with van der Waals surface area (Å²) >= 11 is 7.34. The number of rotatable bonds is 4. The van der Waals surface area contributed by atoms with E-state index in [2.05, 4.69) is 41.1 Å². The van der Waals surface area contributed by atoms with E-state index >= 15 is 0 Å². The molecule has 1 saturated heterocycles. The van der Waals surface area contributed by atoms with Crippen molar-refractivity contribution in [1.29, 1.82) is 0 Å². The van der Waals surface area contributed by atoms with Crippen LogP contribution in [0.5, 0.6) is 11.5 Å². The van der Waals surface area contributed by atoms with Gasteiger partial charge in [0, 0.05) is 7.05 Å². The normalized spacial score (nSPS) is 21.3. The Morgan fingerprint density at radius 3 is 1.80 bits per heavy atom. The lowest BCUT2D eigenvalue weighted by Crippen LogP contribution is -2.45. The molecule has 1 aliphatic rings. The molecule has 0 aliphatic carbocycles. The number of methoxy groups -OCH3 is 2. The van der Waals surface area contributed by atoms with Gasteiger partial charge >= 0.3 is 0 Å². The van der Waals surface area contributed by atoms with E-state index < -0.39 is 0 Å². The van der Waals surface area contributed by atoms with Gasteiger partial charge in [0.1, 0.15) is 22.0 Å². The maximum atomic E-state index is 5.65. The Morgan fingerprint density at radius 2 is 1.32 bits per heavy atom. The average molecular weight is 375 g/mol. The summed E-state index contributed by atoms with van der Waals surface area (Å²) in [7, 11) is 7.54. The molecule has 1 aliphatic heterocycles. The molecule has 1 heterocycles. The van der Waals surface area contributed by atoms with Gasteiger partial charge < -0.3 is 14.4 Å². The van der Waals surface area contributed by atoms with Gasteiger partial charge in [0.05, 0.1) is 19.6 Å². The predicted octanol–water partition coefficient (Wildman–Crippen LogP) is 4.30. The first-order valence-electron chi connectivity index (χ1n) is 7.98. The summed E-state index contributed by atoms with van der Waals surface area (Å²) in [6.07, 6.45) is 0.0757. The molecule has 2 aromatic rings. The fourth-order valence-electron chi connectivity index (χ4n) is 3.07. The van der Waals surface area contributed by atoms with Crippen molar-refractivity contribution in [1.82, 2.24) is 9.80 Å². The van der Waals surface area contributed by atoms with E-state index in [1.165, 1.54) is 11.1 Å². The van der Waals surface area contributed by atoms with Gasteiger partial charge in [0.15, 0.2) is 0 Å². The van der Waals surface area contributed by atoms with Gasteiger partial charge in [-0.05, 0) is 42.4 Å². The van der Waals surface area contributed by atoms with Crippen LogP contribution in [0.15, 0.2) is 48.5 Å². The largest absolute Gasteiger partial charge is 0.497 e. The molecule has 0 N–H and O–H groups in total. The van der Waals surface area contributed by atoms with Gasteiger partial charge in [-0.15, -0.1) is 0 Å². The Morgan fingerprint density at radius 1 is 0.840 bits per heavy atom. The summed E-state index contributed by atoms with van der Waals surface area (Å²) in [5.41, 5.74) is 2.40. The lowest BCUT2D eigenvalue weighted by Gasteiger charge is -2.46. The first-order valence-corrected chi connectivity index (χ1v) is 9.27. The van der Waals surface area contributed by atoms with Crippen LogP contribution in [0.3, 0.4) is 0 Å². The van der Waals surface area contributed by atoms with Crippen LogP contribution in [-0.4, -0.2) is 42.4 Å². The van der Waals surface area contributed by atoms with Crippen molar-refractivity contribution in [2.75, 3.05) is 28.3 Å². The first kappa shape index (κ1) is 18.0. The van der Waals surface area contributed by atoms with Crippen molar-refractivity contribution < 1.29 is 9.47 Å². The zero-order valence-corrected chi connectivity index (χ0v) is 16.4. The van der Waals surface area contributed by atoms with E-state index in [1.807, 2.05) is 31.3 Å². The molecule has 0 radical (unpaired) electrons. The van der Waals surface area contributed by atoms with Crippen LogP contribution in [0, 0.1) is 0 Å². The second-order valence-corrected chi connectivity index (χ2v) is 7.65. The molecule has 0 aromatic heterocycles. The maximum Gasteiger partial charge on any atom is 0.139 e. The molecular formula is C19H22N2O2S2. The van der Waals surface area contributed by atoms with Gasteiger partial charge in [-0.1, -0.05) is 48.2 Å². The SMILES string of the molecule is COc1ccc([C@H]2SC(=S)N(C)[C@@H](c3ccc(OC)cc3)N2C)cc1. The Kier molecular flexibility index (Phi) is 5.51. The smallest absolute Gasteiger partial charge is 0.139 e. The highest BCUT2D eigenvalue weighted by Gasteiger charge is 2.36. The maximum absolute atomic E-state index is 5.65. The van der Waals surface area contributed by atoms with E-state index in [4.69, 9.17) is 21.7 Å². The molecule has 0 unspecified atom stereocenters. The van der Waals surface area contributed by atoms with Gasteiger partial charge in [0.2, 0.25) is 0 Å². The summed E-state index contributed by atoms with van der Waals surface area (Å²) in [5, 5.41) is 0.154. The minimum absolute atomic E-state index is 0.0757. The van der Waals surface area contributed by atoms with Crippen molar-refractivity contribution in [3.05, 3.63) is 59.7 Å². The number of thioether (sulfide) groups is 1. The molecule has 25 heavy (non-hydrogen) atoms. The first-order chi connectivity index (χ1) is 12.0. The lowest BCUT2D eigenvalue weighted by atomic mass is 10.1.